The van der Waals surface area contributed by atoms with Gasteiger partial charge in [-0.05, 0) is 18.2 Å². The van der Waals surface area contributed by atoms with E-state index in [1.165, 1.54) is 12.1 Å². The first-order valence-corrected chi connectivity index (χ1v) is 7.08. The molecule has 6 heteroatoms. The standard InChI is InChI=1S/C16H16N2O4/c19-18(20)13-6-7-15(17-8-10-21-11-9-17)16(12-13)22-14-4-2-1-3-5-14/h1-7,12H,8-11H2. The van der Waals surface area contributed by atoms with E-state index in [2.05, 4.69) is 4.90 Å². The van der Waals surface area contributed by atoms with Crippen molar-refractivity contribution in [3.63, 3.8) is 0 Å². The Bertz CT molecular complexity index is 654. The summed E-state index contributed by atoms with van der Waals surface area (Å²) in [5, 5.41) is 11.0. The molecular formula is C16H16N2O4. The van der Waals surface area contributed by atoms with Gasteiger partial charge in [0.2, 0.25) is 0 Å². The van der Waals surface area contributed by atoms with Crippen molar-refractivity contribution >= 4 is 11.4 Å². The quantitative estimate of drug-likeness (QED) is 0.640. The molecule has 0 N–H and O–H groups in total. The lowest BCUT2D eigenvalue weighted by Crippen LogP contribution is -2.36. The molecule has 0 atom stereocenters. The second-order valence-electron chi connectivity index (χ2n) is 4.92. The van der Waals surface area contributed by atoms with E-state index in [1.807, 2.05) is 30.3 Å². The van der Waals surface area contributed by atoms with Gasteiger partial charge in [-0.2, -0.15) is 0 Å². The first-order chi connectivity index (χ1) is 10.7. The number of ether oxygens (including phenoxy) is 2. The molecule has 0 spiro atoms. The van der Waals surface area contributed by atoms with Crippen LogP contribution in [0.2, 0.25) is 0 Å². The third-order valence-corrected chi connectivity index (χ3v) is 3.48. The van der Waals surface area contributed by atoms with Gasteiger partial charge in [0.1, 0.15) is 5.75 Å². The largest absolute Gasteiger partial charge is 0.455 e. The van der Waals surface area contributed by atoms with Crippen molar-refractivity contribution in [2.24, 2.45) is 0 Å². The average Bonchev–Trinajstić information content (AvgIpc) is 2.56. The fraction of sp³-hybridized carbons (Fsp3) is 0.250. The number of nitrogens with zero attached hydrogens (tertiary/aromatic N) is 2. The number of rotatable bonds is 4. The zero-order valence-electron chi connectivity index (χ0n) is 12.0. The number of hydrogen-bond donors (Lipinski definition) is 0. The molecule has 1 saturated heterocycles. The van der Waals surface area contributed by atoms with E-state index in [9.17, 15) is 10.1 Å². The molecule has 0 amide bonds. The van der Waals surface area contributed by atoms with E-state index in [-0.39, 0.29) is 5.69 Å². The van der Waals surface area contributed by atoms with E-state index in [0.29, 0.717) is 24.7 Å². The summed E-state index contributed by atoms with van der Waals surface area (Å²) in [6.07, 6.45) is 0. The number of benzene rings is 2. The number of nitro benzene ring substituents is 1. The fourth-order valence-electron chi connectivity index (χ4n) is 2.38. The molecule has 0 aromatic heterocycles. The summed E-state index contributed by atoms with van der Waals surface area (Å²) < 4.78 is 11.2. The van der Waals surface area contributed by atoms with Gasteiger partial charge in [0, 0.05) is 19.2 Å². The summed E-state index contributed by atoms with van der Waals surface area (Å²) in [5.74, 6) is 1.14. The van der Waals surface area contributed by atoms with Gasteiger partial charge in [0.05, 0.1) is 29.9 Å². The van der Waals surface area contributed by atoms with Gasteiger partial charge in [-0.1, -0.05) is 18.2 Å². The fourth-order valence-corrected chi connectivity index (χ4v) is 2.38. The van der Waals surface area contributed by atoms with Crippen LogP contribution in [0.25, 0.3) is 0 Å². The highest BCUT2D eigenvalue weighted by atomic mass is 16.6. The van der Waals surface area contributed by atoms with Crippen LogP contribution < -0.4 is 9.64 Å². The lowest BCUT2D eigenvalue weighted by molar-refractivity contribution is -0.384. The molecule has 0 saturated carbocycles. The second-order valence-corrected chi connectivity index (χ2v) is 4.92. The Kier molecular flexibility index (Phi) is 4.20. The predicted molar refractivity (Wildman–Crippen MR) is 82.6 cm³/mol. The second kappa shape index (κ2) is 6.44. The molecular weight excluding hydrogens is 284 g/mol. The van der Waals surface area contributed by atoms with Gasteiger partial charge in [-0.3, -0.25) is 10.1 Å². The van der Waals surface area contributed by atoms with Crippen molar-refractivity contribution in [1.29, 1.82) is 0 Å². The van der Waals surface area contributed by atoms with Crippen molar-refractivity contribution in [2.75, 3.05) is 31.2 Å². The van der Waals surface area contributed by atoms with Crippen molar-refractivity contribution in [1.82, 2.24) is 0 Å². The van der Waals surface area contributed by atoms with Crippen molar-refractivity contribution < 1.29 is 14.4 Å². The lowest BCUT2D eigenvalue weighted by atomic mass is 10.2. The van der Waals surface area contributed by atoms with Gasteiger partial charge >= 0.3 is 0 Å². The highest BCUT2D eigenvalue weighted by Crippen LogP contribution is 2.35. The van der Waals surface area contributed by atoms with E-state index >= 15 is 0 Å². The average molecular weight is 300 g/mol. The van der Waals surface area contributed by atoms with Gasteiger partial charge in [0.15, 0.2) is 5.75 Å². The smallest absolute Gasteiger partial charge is 0.273 e. The van der Waals surface area contributed by atoms with E-state index in [1.54, 1.807) is 6.07 Å². The summed E-state index contributed by atoms with van der Waals surface area (Å²) in [4.78, 5) is 12.7. The first kappa shape index (κ1) is 14.3. The van der Waals surface area contributed by atoms with Crippen LogP contribution in [0, 0.1) is 10.1 Å². The van der Waals surface area contributed by atoms with Crippen LogP contribution in [0.3, 0.4) is 0 Å². The van der Waals surface area contributed by atoms with E-state index in [0.717, 1.165) is 18.8 Å². The number of nitro groups is 1. The summed E-state index contributed by atoms with van der Waals surface area (Å²) in [6.45, 7) is 2.76. The molecule has 0 aliphatic carbocycles. The van der Waals surface area contributed by atoms with Crippen LogP contribution in [0.1, 0.15) is 0 Å². The minimum absolute atomic E-state index is 0.0166. The molecule has 2 aromatic carbocycles. The maximum absolute atomic E-state index is 11.0. The molecule has 3 rings (SSSR count). The van der Waals surface area contributed by atoms with Crippen LogP contribution in [0.15, 0.2) is 48.5 Å². The monoisotopic (exact) mass is 300 g/mol. The Morgan fingerprint density at radius 1 is 1.09 bits per heavy atom. The Hall–Kier alpha value is -2.60. The zero-order valence-corrected chi connectivity index (χ0v) is 12.0. The molecule has 6 nitrogen and oxygen atoms in total. The van der Waals surface area contributed by atoms with Crippen molar-refractivity contribution in [3.05, 3.63) is 58.6 Å². The van der Waals surface area contributed by atoms with Crippen LogP contribution in [0.4, 0.5) is 11.4 Å². The molecule has 0 bridgehead atoms. The normalized spacial score (nSPS) is 14.6. The summed E-state index contributed by atoms with van der Waals surface area (Å²) in [7, 11) is 0. The van der Waals surface area contributed by atoms with Gasteiger partial charge in [-0.25, -0.2) is 0 Å². The van der Waals surface area contributed by atoms with Gasteiger partial charge in [0.25, 0.3) is 5.69 Å². The lowest BCUT2D eigenvalue weighted by Gasteiger charge is -2.30. The third-order valence-electron chi connectivity index (χ3n) is 3.48. The van der Waals surface area contributed by atoms with Crippen molar-refractivity contribution in [2.45, 2.75) is 0 Å². The molecule has 1 aliphatic rings. The van der Waals surface area contributed by atoms with E-state index < -0.39 is 4.92 Å². The third kappa shape index (κ3) is 3.17. The number of morpholine rings is 1. The molecule has 2 aromatic rings. The predicted octanol–water partition coefficient (Wildman–Crippen LogP) is 3.22. The molecule has 1 fully saturated rings. The van der Waals surface area contributed by atoms with Crippen LogP contribution >= 0.6 is 0 Å². The number of para-hydroxylation sites is 1. The Labute approximate surface area is 128 Å². The Morgan fingerprint density at radius 2 is 1.82 bits per heavy atom. The molecule has 1 aliphatic heterocycles. The highest BCUT2D eigenvalue weighted by Gasteiger charge is 2.19. The Morgan fingerprint density at radius 3 is 2.50 bits per heavy atom. The van der Waals surface area contributed by atoms with Crippen LogP contribution in [-0.4, -0.2) is 31.2 Å². The van der Waals surface area contributed by atoms with E-state index in [4.69, 9.17) is 9.47 Å². The topological polar surface area (TPSA) is 64.8 Å². The summed E-state index contributed by atoms with van der Waals surface area (Å²) in [5.41, 5.74) is 0.862. The summed E-state index contributed by atoms with van der Waals surface area (Å²) >= 11 is 0. The minimum Gasteiger partial charge on any atom is -0.455 e. The van der Waals surface area contributed by atoms with Crippen LogP contribution in [0.5, 0.6) is 11.5 Å². The molecule has 0 unspecified atom stereocenters. The van der Waals surface area contributed by atoms with Gasteiger partial charge < -0.3 is 14.4 Å². The maximum Gasteiger partial charge on any atom is 0.273 e. The molecule has 22 heavy (non-hydrogen) atoms. The highest BCUT2D eigenvalue weighted by molar-refractivity contribution is 5.63. The van der Waals surface area contributed by atoms with Crippen LogP contribution in [-0.2, 0) is 4.74 Å². The molecule has 1 heterocycles. The SMILES string of the molecule is O=[N+]([O-])c1ccc(N2CCOCC2)c(Oc2ccccc2)c1. The maximum atomic E-state index is 11.0. The number of non-ortho nitro benzene ring substituents is 1. The minimum atomic E-state index is -0.416. The zero-order chi connectivity index (χ0) is 15.4. The Balaban J connectivity index is 1.95. The number of anilines is 1. The molecule has 0 radical (unpaired) electrons. The number of hydrogen-bond acceptors (Lipinski definition) is 5. The summed E-state index contributed by atoms with van der Waals surface area (Å²) in [6, 6.07) is 14.0. The van der Waals surface area contributed by atoms with Gasteiger partial charge in [-0.15, -0.1) is 0 Å². The molecule has 114 valence electrons. The first-order valence-electron chi connectivity index (χ1n) is 7.08. The van der Waals surface area contributed by atoms with Crippen molar-refractivity contribution in [3.8, 4) is 11.5 Å².